The lowest BCUT2D eigenvalue weighted by molar-refractivity contribution is -0.145. The van der Waals surface area contributed by atoms with E-state index in [1.807, 2.05) is 12.1 Å². The van der Waals surface area contributed by atoms with Crippen molar-refractivity contribution in [3.8, 4) is 5.75 Å². The maximum atomic E-state index is 13.0. The number of carbonyl (C=O) groups excluding carboxylic acids is 1. The molecule has 1 saturated heterocycles. The molecular formula is C20H22ClNO5S2. The predicted octanol–water partition coefficient (Wildman–Crippen LogP) is 3.59. The lowest BCUT2D eigenvalue weighted by Crippen LogP contribution is -2.36. The quantitative estimate of drug-likeness (QED) is 0.566. The molecule has 0 aliphatic carbocycles. The fraction of sp³-hybridized carbons (Fsp3) is 0.350. The summed E-state index contributed by atoms with van der Waals surface area (Å²) in [6.45, 7) is 2.39. The summed E-state index contributed by atoms with van der Waals surface area (Å²) < 4.78 is 37.8. The summed E-state index contributed by atoms with van der Waals surface area (Å²) in [5, 5.41) is 0.323. The van der Waals surface area contributed by atoms with Crippen molar-refractivity contribution >= 4 is 39.4 Å². The second-order valence-electron chi connectivity index (χ2n) is 6.34. The number of sulfonamides is 1. The fourth-order valence-corrected chi connectivity index (χ4v) is 6.34. The highest BCUT2D eigenvalue weighted by Gasteiger charge is 2.35. The first-order chi connectivity index (χ1) is 13.9. The number of halogens is 1. The number of carbonyl (C=O) groups is 1. The van der Waals surface area contributed by atoms with E-state index in [-0.39, 0.29) is 16.9 Å². The zero-order chi connectivity index (χ0) is 20.9. The van der Waals surface area contributed by atoms with Gasteiger partial charge in [0.2, 0.25) is 10.0 Å². The molecule has 156 valence electrons. The van der Waals surface area contributed by atoms with Crippen LogP contribution in [0.4, 0.5) is 0 Å². The predicted molar refractivity (Wildman–Crippen MR) is 114 cm³/mol. The number of esters is 1. The van der Waals surface area contributed by atoms with Gasteiger partial charge in [0.15, 0.2) is 6.61 Å². The second kappa shape index (κ2) is 9.84. The molecule has 1 unspecified atom stereocenters. The van der Waals surface area contributed by atoms with Crippen molar-refractivity contribution in [2.45, 2.75) is 23.6 Å². The molecule has 0 bridgehead atoms. The van der Waals surface area contributed by atoms with Gasteiger partial charge in [0.25, 0.3) is 0 Å². The third-order valence-electron chi connectivity index (χ3n) is 4.36. The van der Waals surface area contributed by atoms with Gasteiger partial charge in [-0.25, -0.2) is 13.2 Å². The van der Waals surface area contributed by atoms with E-state index in [1.54, 1.807) is 47.3 Å². The minimum atomic E-state index is -3.58. The number of nitrogens with zero attached hydrogens (tertiary/aromatic N) is 1. The van der Waals surface area contributed by atoms with E-state index in [0.717, 1.165) is 11.3 Å². The first-order valence-electron chi connectivity index (χ1n) is 9.16. The Kier molecular flexibility index (Phi) is 7.45. The maximum absolute atomic E-state index is 13.0. The summed E-state index contributed by atoms with van der Waals surface area (Å²) in [5.41, 5.74) is 0.990. The molecule has 2 aromatic rings. The van der Waals surface area contributed by atoms with E-state index in [4.69, 9.17) is 21.1 Å². The number of thioether (sulfide) groups is 1. The molecule has 1 aliphatic rings. The Labute approximate surface area is 180 Å². The molecule has 1 aliphatic heterocycles. The standard InChI is InChI=1S/C20H22ClNO5S2/c1-2-26-20(23)14-27-17-7-3-15(4-8-17)13-19-22(11-12-28-19)29(24,25)18-9-5-16(21)6-10-18/h3-10,19H,2,11-14H2,1H3. The highest BCUT2D eigenvalue weighted by molar-refractivity contribution is 8.01. The van der Waals surface area contributed by atoms with Crippen molar-refractivity contribution in [2.24, 2.45) is 0 Å². The van der Waals surface area contributed by atoms with Crippen LogP contribution in [-0.4, -0.2) is 49.6 Å². The van der Waals surface area contributed by atoms with Crippen molar-refractivity contribution in [1.29, 1.82) is 0 Å². The zero-order valence-corrected chi connectivity index (χ0v) is 18.3. The molecule has 9 heteroatoms. The van der Waals surface area contributed by atoms with Gasteiger partial charge in [0.1, 0.15) is 5.75 Å². The first-order valence-corrected chi connectivity index (χ1v) is 12.0. The van der Waals surface area contributed by atoms with Gasteiger partial charge in [-0.15, -0.1) is 11.8 Å². The normalized spacial score (nSPS) is 17.2. The Hall–Kier alpha value is -1.74. The highest BCUT2D eigenvalue weighted by atomic mass is 35.5. The number of hydrogen-bond acceptors (Lipinski definition) is 6. The molecule has 2 aromatic carbocycles. The van der Waals surface area contributed by atoms with E-state index in [0.29, 0.717) is 30.3 Å². The summed E-state index contributed by atoms with van der Waals surface area (Å²) in [5.74, 6) is 0.895. The van der Waals surface area contributed by atoms with E-state index in [2.05, 4.69) is 0 Å². The van der Waals surface area contributed by atoms with Crippen LogP contribution in [0.1, 0.15) is 12.5 Å². The van der Waals surface area contributed by atoms with E-state index in [1.165, 1.54) is 12.1 Å². The Morgan fingerprint density at radius 2 is 1.86 bits per heavy atom. The number of hydrogen-bond donors (Lipinski definition) is 0. The maximum Gasteiger partial charge on any atom is 0.344 e. The Bertz CT molecular complexity index is 932. The molecule has 0 saturated carbocycles. The van der Waals surface area contributed by atoms with Crippen molar-refractivity contribution in [2.75, 3.05) is 25.5 Å². The van der Waals surface area contributed by atoms with E-state index in [9.17, 15) is 13.2 Å². The molecule has 0 radical (unpaired) electrons. The average Bonchev–Trinajstić information content (AvgIpc) is 3.17. The van der Waals surface area contributed by atoms with Gasteiger partial charge in [0, 0.05) is 17.3 Å². The molecule has 0 spiro atoms. The lowest BCUT2D eigenvalue weighted by Gasteiger charge is -2.23. The van der Waals surface area contributed by atoms with Crippen LogP contribution in [0, 0.1) is 0 Å². The summed E-state index contributed by atoms with van der Waals surface area (Å²) in [7, 11) is -3.58. The van der Waals surface area contributed by atoms with Crippen molar-refractivity contribution in [3.05, 3.63) is 59.1 Å². The smallest absolute Gasteiger partial charge is 0.344 e. The van der Waals surface area contributed by atoms with Crippen molar-refractivity contribution in [3.63, 3.8) is 0 Å². The minimum absolute atomic E-state index is 0.140. The van der Waals surface area contributed by atoms with Gasteiger partial charge in [-0.1, -0.05) is 23.7 Å². The molecule has 0 amide bonds. The van der Waals surface area contributed by atoms with Gasteiger partial charge < -0.3 is 9.47 Å². The van der Waals surface area contributed by atoms with Crippen LogP contribution >= 0.6 is 23.4 Å². The molecule has 29 heavy (non-hydrogen) atoms. The summed E-state index contributed by atoms with van der Waals surface area (Å²) >= 11 is 7.50. The Morgan fingerprint density at radius 3 is 2.52 bits per heavy atom. The molecular weight excluding hydrogens is 434 g/mol. The molecule has 1 fully saturated rings. The number of benzene rings is 2. The summed E-state index contributed by atoms with van der Waals surface area (Å²) in [6, 6.07) is 13.5. The van der Waals surface area contributed by atoms with Gasteiger partial charge >= 0.3 is 5.97 Å². The Morgan fingerprint density at radius 1 is 1.17 bits per heavy atom. The molecule has 1 heterocycles. The third kappa shape index (κ3) is 5.66. The van der Waals surface area contributed by atoms with Crippen LogP contribution in [-0.2, 0) is 26.0 Å². The second-order valence-corrected chi connectivity index (χ2v) is 9.95. The molecule has 3 rings (SSSR count). The van der Waals surface area contributed by atoms with Gasteiger partial charge in [-0.2, -0.15) is 4.31 Å². The van der Waals surface area contributed by atoms with Crippen LogP contribution in [0.2, 0.25) is 5.02 Å². The van der Waals surface area contributed by atoms with Crippen LogP contribution in [0.25, 0.3) is 0 Å². The van der Waals surface area contributed by atoms with Crippen LogP contribution in [0.3, 0.4) is 0 Å². The summed E-state index contributed by atoms with van der Waals surface area (Å²) in [4.78, 5) is 11.6. The number of ether oxygens (including phenoxy) is 2. The summed E-state index contributed by atoms with van der Waals surface area (Å²) in [6.07, 6.45) is 0.579. The first kappa shape index (κ1) is 22.0. The van der Waals surface area contributed by atoms with Gasteiger partial charge in [-0.3, -0.25) is 0 Å². The molecule has 0 N–H and O–H groups in total. The van der Waals surface area contributed by atoms with Crippen molar-refractivity contribution < 1.29 is 22.7 Å². The molecule has 6 nitrogen and oxygen atoms in total. The number of rotatable bonds is 8. The SMILES string of the molecule is CCOC(=O)COc1ccc(CC2SCCN2S(=O)(=O)c2ccc(Cl)cc2)cc1. The third-order valence-corrected chi connectivity index (χ3v) is 7.89. The van der Waals surface area contributed by atoms with E-state index < -0.39 is 16.0 Å². The van der Waals surface area contributed by atoms with Crippen LogP contribution in [0.5, 0.6) is 5.75 Å². The topological polar surface area (TPSA) is 72.9 Å². The monoisotopic (exact) mass is 455 g/mol. The van der Waals surface area contributed by atoms with Gasteiger partial charge in [0.05, 0.1) is 16.9 Å². The van der Waals surface area contributed by atoms with Crippen LogP contribution < -0.4 is 4.74 Å². The lowest BCUT2D eigenvalue weighted by atomic mass is 10.1. The Balaban J connectivity index is 1.64. The zero-order valence-electron chi connectivity index (χ0n) is 15.9. The van der Waals surface area contributed by atoms with E-state index >= 15 is 0 Å². The average molecular weight is 456 g/mol. The van der Waals surface area contributed by atoms with Gasteiger partial charge in [-0.05, 0) is 55.3 Å². The molecule has 0 aromatic heterocycles. The highest BCUT2D eigenvalue weighted by Crippen LogP contribution is 2.32. The largest absolute Gasteiger partial charge is 0.482 e. The fourth-order valence-electron chi connectivity index (χ4n) is 2.95. The molecule has 1 atom stereocenters. The van der Waals surface area contributed by atoms with Crippen LogP contribution in [0.15, 0.2) is 53.4 Å². The van der Waals surface area contributed by atoms with Crippen molar-refractivity contribution in [1.82, 2.24) is 4.31 Å². The minimum Gasteiger partial charge on any atom is -0.482 e.